The molecule has 0 saturated carbocycles. The van der Waals surface area contributed by atoms with Gasteiger partial charge in [-0.3, -0.25) is 4.79 Å². The van der Waals surface area contributed by atoms with Crippen molar-refractivity contribution in [2.75, 3.05) is 20.3 Å². The van der Waals surface area contributed by atoms with E-state index in [9.17, 15) is 4.79 Å². The molecule has 2 N–H and O–H groups in total. The lowest BCUT2D eigenvalue weighted by atomic mass is 10.1. The van der Waals surface area contributed by atoms with Crippen molar-refractivity contribution in [3.05, 3.63) is 0 Å². The average molecular weight is 189 g/mol. The summed E-state index contributed by atoms with van der Waals surface area (Å²) in [7, 11) is 1.62. The summed E-state index contributed by atoms with van der Waals surface area (Å²) in [4.78, 5) is 11.2. The highest BCUT2D eigenvalue weighted by molar-refractivity contribution is 5.76. The van der Waals surface area contributed by atoms with Gasteiger partial charge in [0, 0.05) is 26.2 Å². The lowest BCUT2D eigenvalue weighted by Crippen LogP contribution is -2.36. The molecule has 2 atom stereocenters. The highest BCUT2D eigenvalue weighted by Crippen LogP contribution is 2.01. The van der Waals surface area contributed by atoms with Crippen LogP contribution in [0.3, 0.4) is 0 Å². The average Bonchev–Trinajstić information content (AvgIpc) is 2.04. The quantitative estimate of drug-likeness (QED) is 0.625. The largest absolute Gasteiger partial charge is 0.394 e. The molecular weight excluding hydrogens is 170 g/mol. The Morgan fingerprint density at radius 3 is 2.62 bits per heavy atom. The standard InChI is InChI=1S/C9H19NO3/c1-7(6-13-3)4-9(12)10-8(2)5-11/h7-8,11H,4-6H2,1-3H3,(H,10,12)/t7?,8-/m0/s1. The van der Waals surface area contributed by atoms with Gasteiger partial charge in [0.1, 0.15) is 0 Å². The molecule has 0 aromatic carbocycles. The first kappa shape index (κ1) is 12.4. The fraction of sp³-hybridized carbons (Fsp3) is 0.889. The molecule has 0 aliphatic carbocycles. The molecule has 1 unspecified atom stereocenters. The number of hydrogen-bond donors (Lipinski definition) is 2. The zero-order valence-electron chi connectivity index (χ0n) is 8.54. The van der Waals surface area contributed by atoms with Crippen LogP contribution in [-0.4, -0.2) is 37.4 Å². The van der Waals surface area contributed by atoms with Gasteiger partial charge in [0.2, 0.25) is 5.91 Å². The fourth-order valence-corrected chi connectivity index (χ4v) is 1.04. The molecular formula is C9H19NO3. The van der Waals surface area contributed by atoms with Crippen LogP contribution in [0.15, 0.2) is 0 Å². The summed E-state index contributed by atoms with van der Waals surface area (Å²) in [5.41, 5.74) is 0. The zero-order valence-corrected chi connectivity index (χ0v) is 8.54. The summed E-state index contributed by atoms with van der Waals surface area (Å²) in [6, 6.07) is -0.165. The van der Waals surface area contributed by atoms with E-state index in [4.69, 9.17) is 9.84 Å². The number of amides is 1. The highest BCUT2D eigenvalue weighted by atomic mass is 16.5. The Labute approximate surface area is 79.3 Å². The minimum atomic E-state index is -0.165. The molecule has 0 aliphatic heterocycles. The lowest BCUT2D eigenvalue weighted by Gasteiger charge is -2.13. The van der Waals surface area contributed by atoms with Crippen LogP contribution >= 0.6 is 0 Å². The molecule has 4 heteroatoms. The number of rotatable bonds is 6. The van der Waals surface area contributed by atoms with Crippen LogP contribution in [0.4, 0.5) is 0 Å². The molecule has 0 radical (unpaired) electrons. The second-order valence-corrected chi connectivity index (χ2v) is 3.42. The predicted molar refractivity (Wildman–Crippen MR) is 50.3 cm³/mol. The highest BCUT2D eigenvalue weighted by Gasteiger charge is 2.10. The minimum absolute atomic E-state index is 0.0234. The SMILES string of the molecule is COCC(C)CC(=O)N[C@@H](C)CO. The number of hydrogen-bond acceptors (Lipinski definition) is 3. The molecule has 13 heavy (non-hydrogen) atoms. The van der Waals surface area contributed by atoms with Crippen LogP contribution in [0.5, 0.6) is 0 Å². The Kier molecular flexibility index (Phi) is 6.54. The van der Waals surface area contributed by atoms with Crippen molar-refractivity contribution < 1.29 is 14.6 Å². The summed E-state index contributed by atoms with van der Waals surface area (Å²) >= 11 is 0. The van der Waals surface area contributed by atoms with Crippen molar-refractivity contribution in [3.63, 3.8) is 0 Å². The number of methoxy groups -OCH3 is 1. The summed E-state index contributed by atoms with van der Waals surface area (Å²) in [5.74, 6) is 0.182. The Balaban J connectivity index is 3.61. The molecule has 0 fully saturated rings. The topological polar surface area (TPSA) is 58.6 Å². The summed E-state index contributed by atoms with van der Waals surface area (Å²) in [5, 5.41) is 11.4. The smallest absolute Gasteiger partial charge is 0.220 e. The van der Waals surface area contributed by atoms with E-state index in [0.717, 1.165) is 0 Å². The first-order chi connectivity index (χ1) is 6.10. The van der Waals surface area contributed by atoms with Gasteiger partial charge in [-0.15, -0.1) is 0 Å². The minimum Gasteiger partial charge on any atom is -0.394 e. The number of aliphatic hydroxyl groups excluding tert-OH is 1. The second kappa shape index (κ2) is 6.86. The molecule has 0 aromatic heterocycles. The maximum absolute atomic E-state index is 11.2. The Hall–Kier alpha value is -0.610. The van der Waals surface area contributed by atoms with Crippen molar-refractivity contribution in [3.8, 4) is 0 Å². The van der Waals surface area contributed by atoms with Crippen molar-refractivity contribution in [2.24, 2.45) is 5.92 Å². The van der Waals surface area contributed by atoms with Crippen LogP contribution < -0.4 is 5.32 Å². The van der Waals surface area contributed by atoms with Gasteiger partial charge in [-0.1, -0.05) is 6.92 Å². The van der Waals surface area contributed by atoms with Crippen LogP contribution in [-0.2, 0) is 9.53 Å². The third-order valence-corrected chi connectivity index (χ3v) is 1.67. The Morgan fingerprint density at radius 2 is 2.15 bits per heavy atom. The number of ether oxygens (including phenoxy) is 1. The molecule has 0 aliphatic rings. The maximum atomic E-state index is 11.2. The molecule has 1 amide bonds. The van der Waals surface area contributed by atoms with Gasteiger partial charge in [0.25, 0.3) is 0 Å². The normalized spacial score (nSPS) is 15.1. The van der Waals surface area contributed by atoms with E-state index in [1.807, 2.05) is 6.92 Å². The molecule has 0 saturated heterocycles. The van der Waals surface area contributed by atoms with Crippen molar-refractivity contribution in [1.82, 2.24) is 5.32 Å². The monoisotopic (exact) mass is 189 g/mol. The molecule has 0 bridgehead atoms. The van der Waals surface area contributed by atoms with Gasteiger partial charge in [-0.05, 0) is 12.8 Å². The molecule has 0 aromatic rings. The van der Waals surface area contributed by atoms with E-state index in [2.05, 4.69) is 5.32 Å². The lowest BCUT2D eigenvalue weighted by molar-refractivity contribution is -0.123. The van der Waals surface area contributed by atoms with Crippen LogP contribution in [0.1, 0.15) is 20.3 Å². The number of carbonyl (C=O) groups excluding carboxylic acids is 1. The van der Waals surface area contributed by atoms with Crippen LogP contribution in [0.25, 0.3) is 0 Å². The third kappa shape index (κ3) is 6.54. The van der Waals surface area contributed by atoms with Gasteiger partial charge < -0.3 is 15.2 Å². The molecule has 0 rings (SSSR count). The number of nitrogens with one attached hydrogen (secondary N) is 1. The van der Waals surface area contributed by atoms with Crippen molar-refractivity contribution in [1.29, 1.82) is 0 Å². The van der Waals surface area contributed by atoms with E-state index in [0.29, 0.717) is 13.0 Å². The molecule has 0 heterocycles. The summed E-state index contributed by atoms with van der Waals surface area (Å²) in [6.45, 7) is 4.27. The first-order valence-electron chi connectivity index (χ1n) is 4.49. The predicted octanol–water partition coefficient (Wildman–Crippen LogP) is 0.156. The van der Waals surface area contributed by atoms with Crippen LogP contribution in [0.2, 0.25) is 0 Å². The molecule has 4 nitrogen and oxygen atoms in total. The van der Waals surface area contributed by atoms with E-state index in [1.54, 1.807) is 14.0 Å². The van der Waals surface area contributed by atoms with Gasteiger partial charge in [0.05, 0.1) is 6.61 Å². The van der Waals surface area contributed by atoms with Gasteiger partial charge in [-0.25, -0.2) is 0 Å². The van der Waals surface area contributed by atoms with Gasteiger partial charge in [-0.2, -0.15) is 0 Å². The molecule has 78 valence electrons. The zero-order chi connectivity index (χ0) is 10.3. The third-order valence-electron chi connectivity index (χ3n) is 1.67. The maximum Gasteiger partial charge on any atom is 0.220 e. The molecule has 0 spiro atoms. The summed E-state index contributed by atoms with van der Waals surface area (Å²) < 4.78 is 4.91. The van der Waals surface area contributed by atoms with Crippen molar-refractivity contribution >= 4 is 5.91 Å². The Morgan fingerprint density at radius 1 is 1.54 bits per heavy atom. The number of carbonyl (C=O) groups is 1. The van der Waals surface area contributed by atoms with E-state index < -0.39 is 0 Å². The van der Waals surface area contributed by atoms with Crippen LogP contribution in [0, 0.1) is 5.92 Å². The van der Waals surface area contributed by atoms with E-state index in [1.165, 1.54) is 0 Å². The van der Waals surface area contributed by atoms with E-state index >= 15 is 0 Å². The van der Waals surface area contributed by atoms with E-state index in [-0.39, 0.29) is 24.5 Å². The fourth-order valence-electron chi connectivity index (χ4n) is 1.04. The second-order valence-electron chi connectivity index (χ2n) is 3.42. The number of aliphatic hydroxyl groups is 1. The van der Waals surface area contributed by atoms with Crippen molar-refractivity contribution in [2.45, 2.75) is 26.3 Å². The first-order valence-corrected chi connectivity index (χ1v) is 4.49. The van der Waals surface area contributed by atoms with Gasteiger partial charge >= 0.3 is 0 Å². The Bertz CT molecular complexity index is 150. The summed E-state index contributed by atoms with van der Waals surface area (Å²) in [6.07, 6.45) is 0.443. The van der Waals surface area contributed by atoms with Gasteiger partial charge in [0.15, 0.2) is 0 Å².